The SMILES string of the molecule is CCCCn1nc(C)cc1NC(=O)CCC(=O)Nc1cccc(F)c1. The molecule has 25 heavy (non-hydrogen) atoms. The normalized spacial score (nSPS) is 10.5. The van der Waals surface area contributed by atoms with Gasteiger partial charge in [0.15, 0.2) is 0 Å². The number of aryl methyl sites for hydroxylation is 2. The predicted molar refractivity (Wildman–Crippen MR) is 94.8 cm³/mol. The molecule has 0 atom stereocenters. The predicted octanol–water partition coefficient (Wildman–Crippen LogP) is 3.49. The smallest absolute Gasteiger partial charge is 0.226 e. The topological polar surface area (TPSA) is 76.0 Å². The van der Waals surface area contributed by atoms with Crippen molar-refractivity contribution in [3.8, 4) is 0 Å². The highest BCUT2D eigenvalue weighted by atomic mass is 19.1. The fourth-order valence-electron chi connectivity index (χ4n) is 2.35. The van der Waals surface area contributed by atoms with E-state index in [1.807, 2.05) is 6.92 Å². The summed E-state index contributed by atoms with van der Waals surface area (Å²) in [6.07, 6.45) is 2.07. The summed E-state index contributed by atoms with van der Waals surface area (Å²) in [5.41, 5.74) is 1.20. The third-order valence-electron chi connectivity index (χ3n) is 3.58. The summed E-state index contributed by atoms with van der Waals surface area (Å²) in [6.45, 7) is 4.69. The molecule has 0 saturated heterocycles. The summed E-state index contributed by atoms with van der Waals surface area (Å²) in [6, 6.07) is 7.44. The van der Waals surface area contributed by atoms with Gasteiger partial charge in [-0.05, 0) is 31.5 Å². The lowest BCUT2D eigenvalue weighted by molar-refractivity contribution is -0.121. The van der Waals surface area contributed by atoms with Crippen molar-refractivity contribution in [2.45, 2.75) is 46.1 Å². The maximum Gasteiger partial charge on any atom is 0.226 e. The number of hydrogen-bond acceptors (Lipinski definition) is 3. The zero-order chi connectivity index (χ0) is 18.2. The van der Waals surface area contributed by atoms with E-state index in [9.17, 15) is 14.0 Å². The summed E-state index contributed by atoms with van der Waals surface area (Å²) in [5.74, 6) is -0.379. The Balaban J connectivity index is 1.83. The van der Waals surface area contributed by atoms with Gasteiger partial charge in [0, 0.05) is 31.1 Å². The van der Waals surface area contributed by atoms with E-state index in [1.165, 1.54) is 18.2 Å². The number of nitrogens with zero attached hydrogens (tertiary/aromatic N) is 2. The van der Waals surface area contributed by atoms with Gasteiger partial charge in [0.25, 0.3) is 0 Å². The molecule has 0 aliphatic rings. The fourth-order valence-corrected chi connectivity index (χ4v) is 2.35. The molecule has 0 aliphatic heterocycles. The minimum absolute atomic E-state index is 0.0183. The zero-order valence-electron chi connectivity index (χ0n) is 14.5. The number of halogens is 1. The van der Waals surface area contributed by atoms with Gasteiger partial charge < -0.3 is 10.6 Å². The number of amides is 2. The van der Waals surface area contributed by atoms with E-state index >= 15 is 0 Å². The Morgan fingerprint density at radius 3 is 2.56 bits per heavy atom. The summed E-state index contributed by atoms with van der Waals surface area (Å²) in [7, 11) is 0. The Bertz CT molecular complexity index is 742. The first-order valence-corrected chi connectivity index (χ1v) is 8.37. The molecule has 2 amide bonds. The monoisotopic (exact) mass is 346 g/mol. The fraction of sp³-hybridized carbons (Fsp3) is 0.389. The molecule has 1 heterocycles. The van der Waals surface area contributed by atoms with Crippen LogP contribution in [0.1, 0.15) is 38.3 Å². The molecule has 7 heteroatoms. The molecule has 0 aliphatic carbocycles. The van der Waals surface area contributed by atoms with Crippen LogP contribution in [0.2, 0.25) is 0 Å². The second kappa shape index (κ2) is 8.96. The van der Waals surface area contributed by atoms with Crippen LogP contribution in [0.3, 0.4) is 0 Å². The van der Waals surface area contributed by atoms with Gasteiger partial charge in [-0.2, -0.15) is 5.10 Å². The van der Waals surface area contributed by atoms with Gasteiger partial charge in [0.1, 0.15) is 11.6 Å². The maximum absolute atomic E-state index is 13.1. The molecule has 0 radical (unpaired) electrons. The van der Waals surface area contributed by atoms with Gasteiger partial charge in [-0.3, -0.25) is 9.59 Å². The van der Waals surface area contributed by atoms with Gasteiger partial charge in [-0.25, -0.2) is 9.07 Å². The highest BCUT2D eigenvalue weighted by Crippen LogP contribution is 2.13. The number of nitrogens with one attached hydrogen (secondary N) is 2. The second-order valence-corrected chi connectivity index (χ2v) is 5.85. The minimum atomic E-state index is -0.425. The van der Waals surface area contributed by atoms with Gasteiger partial charge in [-0.15, -0.1) is 0 Å². The first kappa shape index (κ1) is 18.6. The molecule has 0 fully saturated rings. The average molecular weight is 346 g/mol. The highest BCUT2D eigenvalue weighted by Gasteiger charge is 2.11. The van der Waals surface area contributed by atoms with Crippen LogP contribution in [0, 0.1) is 12.7 Å². The molecule has 2 N–H and O–H groups in total. The van der Waals surface area contributed by atoms with Crippen LogP contribution >= 0.6 is 0 Å². The molecule has 0 unspecified atom stereocenters. The standard InChI is InChI=1S/C18H23FN4O2/c1-3-4-10-23-16(11-13(2)22-23)21-18(25)9-8-17(24)20-15-7-5-6-14(19)12-15/h5-7,11-12H,3-4,8-10H2,1-2H3,(H,20,24)(H,21,25). The number of rotatable bonds is 8. The van der Waals surface area contributed by atoms with Crippen molar-refractivity contribution in [1.29, 1.82) is 0 Å². The van der Waals surface area contributed by atoms with E-state index in [0.717, 1.165) is 25.1 Å². The maximum atomic E-state index is 13.1. The summed E-state index contributed by atoms with van der Waals surface area (Å²) < 4.78 is 14.8. The lowest BCUT2D eigenvalue weighted by Gasteiger charge is -2.09. The van der Waals surface area contributed by atoms with Crippen molar-refractivity contribution in [3.63, 3.8) is 0 Å². The van der Waals surface area contributed by atoms with Crippen molar-refractivity contribution in [2.24, 2.45) is 0 Å². The molecule has 0 spiro atoms. The summed E-state index contributed by atoms with van der Waals surface area (Å²) in [5, 5.41) is 9.71. The molecule has 1 aromatic heterocycles. The summed E-state index contributed by atoms with van der Waals surface area (Å²) >= 11 is 0. The van der Waals surface area contributed by atoms with E-state index in [1.54, 1.807) is 16.8 Å². The Labute approximate surface area is 146 Å². The van der Waals surface area contributed by atoms with Crippen LogP contribution in [0.4, 0.5) is 15.9 Å². The third kappa shape index (κ3) is 6.02. The van der Waals surface area contributed by atoms with E-state index < -0.39 is 5.82 Å². The molecule has 2 rings (SSSR count). The molecule has 0 saturated carbocycles. The number of hydrogen-bond donors (Lipinski definition) is 2. The molecule has 0 bridgehead atoms. The minimum Gasteiger partial charge on any atom is -0.326 e. The van der Waals surface area contributed by atoms with Crippen LogP contribution < -0.4 is 10.6 Å². The Morgan fingerprint density at radius 1 is 1.16 bits per heavy atom. The van der Waals surface area contributed by atoms with Gasteiger partial charge in [-0.1, -0.05) is 19.4 Å². The molecular weight excluding hydrogens is 323 g/mol. The van der Waals surface area contributed by atoms with E-state index in [2.05, 4.69) is 22.7 Å². The largest absolute Gasteiger partial charge is 0.326 e. The number of carbonyl (C=O) groups is 2. The molecular formula is C18H23FN4O2. The van der Waals surface area contributed by atoms with Crippen molar-refractivity contribution in [3.05, 3.63) is 41.8 Å². The number of benzene rings is 1. The van der Waals surface area contributed by atoms with Crippen LogP contribution in [0.25, 0.3) is 0 Å². The highest BCUT2D eigenvalue weighted by molar-refractivity contribution is 5.96. The van der Waals surface area contributed by atoms with Crippen LogP contribution in [-0.4, -0.2) is 21.6 Å². The molecule has 2 aromatic rings. The number of anilines is 2. The van der Waals surface area contributed by atoms with Gasteiger partial charge in [0.05, 0.1) is 5.69 Å². The Kier molecular flexibility index (Phi) is 6.68. The molecule has 134 valence electrons. The van der Waals surface area contributed by atoms with Crippen LogP contribution in [0.5, 0.6) is 0 Å². The van der Waals surface area contributed by atoms with Crippen molar-refractivity contribution >= 4 is 23.3 Å². The Hall–Kier alpha value is -2.70. The summed E-state index contributed by atoms with van der Waals surface area (Å²) in [4.78, 5) is 23.9. The molecule has 6 nitrogen and oxygen atoms in total. The zero-order valence-corrected chi connectivity index (χ0v) is 14.5. The second-order valence-electron chi connectivity index (χ2n) is 5.85. The average Bonchev–Trinajstić information content (AvgIpc) is 2.90. The van der Waals surface area contributed by atoms with E-state index in [0.29, 0.717) is 11.5 Å². The quantitative estimate of drug-likeness (QED) is 0.768. The molecule has 1 aromatic carbocycles. The van der Waals surface area contributed by atoms with Crippen LogP contribution in [0.15, 0.2) is 30.3 Å². The number of carbonyl (C=O) groups excluding carboxylic acids is 2. The van der Waals surface area contributed by atoms with Gasteiger partial charge >= 0.3 is 0 Å². The first-order chi connectivity index (χ1) is 12.0. The Morgan fingerprint density at radius 2 is 1.88 bits per heavy atom. The van der Waals surface area contributed by atoms with E-state index in [4.69, 9.17) is 0 Å². The third-order valence-corrected chi connectivity index (χ3v) is 3.58. The van der Waals surface area contributed by atoms with Crippen molar-refractivity contribution in [1.82, 2.24) is 9.78 Å². The number of aromatic nitrogens is 2. The lowest BCUT2D eigenvalue weighted by Crippen LogP contribution is -2.19. The number of unbranched alkanes of at least 4 members (excludes halogenated alkanes) is 1. The lowest BCUT2D eigenvalue weighted by atomic mass is 10.2. The first-order valence-electron chi connectivity index (χ1n) is 8.37. The van der Waals surface area contributed by atoms with Gasteiger partial charge in [0.2, 0.25) is 11.8 Å². The van der Waals surface area contributed by atoms with Crippen molar-refractivity contribution < 1.29 is 14.0 Å². The van der Waals surface area contributed by atoms with Crippen LogP contribution in [-0.2, 0) is 16.1 Å². The van der Waals surface area contributed by atoms with Crippen molar-refractivity contribution in [2.75, 3.05) is 10.6 Å². The van der Waals surface area contributed by atoms with E-state index in [-0.39, 0.29) is 24.7 Å².